The van der Waals surface area contributed by atoms with E-state index in [4.69, 9.17) is 23.7 Å². The lowest BCUT2D eigenvalue weighted by atomic mass is 9.98. The van der Waals surface area contributed by atoms with E-state index in [-0.39, 0.29) is 12.2 Å². The quantitative estimate of drug-likeness (QED) is 0.599. The molecule has 0 radical (unpaired) electrons. The molecule has 0 N–H and O–H groups in total. The normalized spacial score (nSPS) is 22.1. The molecule has 2 heterocycles. The predicted molar refractivity (Wildman–Crippen MR) is 111 cm³/mol. The summed E-state index contributed by atoms with van der Waals surface area (Å²) < 4.78 is 30.0. The number of ether oxygens (including phenoxy) is 5. The molecule has 0 spiro atoms. The SMILES string of the molecule is COc1cccc(Oc2cccc(OC)c2C2CCCCO2)c1C1CCCCO1. The van der Waals surface area contributed by atoms with Gasteiger partial charge in [0, 0.05) is 13.2 Å². The van der Waals surface area contributed by atoms with Crippen LogP contribution in [0.1, 0.15) is 61.9 Å². The highest BCUT2D eigenvalue weighted by atomic mass is 16.5. The van der Waals surface area contributed by atoms with Crippen molar-refractivity contribution < 1.29 is 23.7 Å². The Labute approximate surface area is 172 Å². The number of benzene rings is 2. The molecule has 2 atom stereocenters. The van der Waals surface area contributed by atoms with E-state index < -0.39 is 0 Å². The summed E-state index contributed by atoms with van der Waals surface area (Å²) in [6, 6.07) is 11.8. The molecule has 0 aliphatic carbocycles. The fourth-order valence-corrected chi connectivity index (χ4v) is 4.27. The first kappa shape index (κ1) is 20.0. The number of methoxy groups -OCH3 is 2. The first-order chi connectivity index (χ1) is 14.3. The van der Waals surface area contributed by atoms with Gasteiger partial charge in [-0.1, -0.05) is 12.1 Å². The van der Waals surface area contributed by atoms with Crippen molar-refractivity contribution in [3.8, 4) is 23.0 Å². The summed E-state index contributed by atoms with van der Waals surface area (Å²) in [5.41, 5.74) is 1.96. The topological polar surface area (TPSA) is 46.2 Å². The largest absolute Gasteiger partial charge is 0.496 e. The lowest BCUT2D eigenvalue weighted by Gasteiger charge is -2.28. The summed E-state index contributed by atoms with van der Waals surface area (Å²) >= 11 is 0. The molecule has 2 aromatic carbocycles. The summed E-state index contributed by atoms with van der Waals surface area (Å²) in [6.45, 7) is 1.53. The van der Waals surface area contributed by atoms with Crippen molar-refractivity contribution in [2.75, 3.05) is 27.4 Å². The Hall–Kier alpha value is -2.24. The summed E-state index contributed by atoms with van der Waals surface area (Å²) in [5, 5.41) is 0. The second kappa shape index (κ2) is 9.51. The van der Waals surface area contributed by atoms with E-state index in [1.807, 2.05) is 36.4 Å². The molecular formula is C24H30O5. The van der Waals surface area contributed by atoms with Gasteiger partial charge in [0.2, 0.25) is 0 Å². The maximum atomic E-state index is 6.51. The minimum atomic E-state index is -0.0186. The van der Waals surface area contributed by atoms with Crippen LogP contribution in [0.25, 0.3) is 0 Å². The lowest BCUT2D eigenvalue weighted by Crippen LogP contribution is -2.15. The van der Waals surface area contributed by atoms with Gasteiger partial charge in [-0.3, -0.25) is 0 Å². The molecule has 0 aromatic heterocycles. The third-order valence-electron chi connectivity index (χ3n) is 5.72. The first-order valence-corrected chi connectivity index (χ1v) is 10.6. The second-order valence-electron chi connectivity index (χ2n) is 7.56. The third kappa shape index (κ3) is 4.36. The Morgan fingerprint density at radius 3 is 1.48 bits per heavy atom. The number of hydrogen-bond acceptors (Lipinski definition) is 5. The van der Waals surface area contributed by atoms with Crippen molar-refractivity contribution in [3.63, 3.8) is 0 Å². The van der Waals surface area contributed by atoms with Crippen LogP contribution in [0.3, 0.4) is 0 Å². The Balaban J connectivity index is 1.72. The predicted octanol–water partition coefficient (Wildman–Crippen LogP) is 5.98. The van der Waals surface area contributed by atoms with Gasteiger partial charge in [-0.25, -0.2) is 0 Å². The maximum absolute atomic E-state index is 6.51. The fraction of sp³-hybridized carbons (Fsp3) is 0.500. The Morgan fingerprint density at radius 2 is 1.10 bits per heavy atom. The van der Waals surface area contributed by atoms with Gasteiger partial charge in [-0.2, -0.15) is 0 Å². The monoisotopic (exact) mass is 398 g/mol. The van der Waals surface area contributed by atoms with Crippen LogP contribution in [0.2, 0.25) is 0 Å². The van der Waals surface area contributed by atoms with Gasteiger partial charge in [0.25, 0.3) is 0 Å². The van der Waals surface area contributed by atoms with E-state index in [0.29, 0.717) is 0 Å². The first-order valence-electron chi connectivity index (χ1n) is 10.6. The third-order valence-corrected chi connectivity index (χ3v) is 5.72. The minimum absolute atomic E-state index is 0.0186. The van der Waals surface area contributed by atoms with E-state index >= 15 is 0 Å². The van der Waals surface area contributed by atoms with Crippen molar-refractivity contribution in [1.82, 2.24) is 0 Å². The molecule has 5 nitrogen and oxygen atoms in total. The summed E-state index contributed by atoms with van der Waals surface area (Å²) in [6.07, 6.45) is 6.37. The zero-order valence-electron chi connectivity index (χ0n) is 17.3. The van der Waals surface area contributed by atoms with Gasteiger partial charge in [-0.05, 0) is 62.8 Å². The van der Waals surface area contributed by atoms with Crippen LogP contribution in [-0.4, -0.2) is 27.4 Å². The number of hydrogen-bond donors (Lipinski definition) is 0. The zero-order valence-corrected chi connectivity index (χ0v) is 17.3. The highest BCUT2D eigenvalue weighted by molar-refractivity contribution is 5.52. The zero-order chi connectivity index (χ0) is 20.1. The highest BCUT2D eigenvalue weighted by Gasteiger charge is 2.27. The van der Waals surface area contributed by atoms with Crippen molar-refractivity contribution in [3.05, 3.63) is 47.5 Å². The molecule has 5 heteroatoms. The summed E-state index contributed by atoms with van der Waals surface area (Å²) in [7, 11) is 3.39. The maximum Gasteiger partial charge on any atom is 0.136 e. The van der Waals surface area contributed by atoms with Crippen LogP contribution in [0.5, 0.6) is 23.0 Å². The molecule has 2 unspecified atom stereocenters. The van der Waals surface area contributed by atoms with Gasteiger partial charge in [0.1, 0.15) is 23.0 Å². The number of rotatable bonds is 6. The van der Waals surface area contributed by atoms with Gasteiger partial charge >= 0.3 is 0 Å². The fourth-order valence-electron chi connectivity index (χ4n) is 4.27. The molecule has 0 bridgehead atoms. The molecule has 2 aliphatic heterocycles. The molecule has 4 rings (SSSR count). The van der Waals surface area contributed by atoms with Crippen molar-refractivity contribution in [2.24, 2.45) is 0 Å². The molecule has 2 fully saturated rings. The summed E-state index contributed by atoms with van der Waals surface area (Å²) in [5.74, 6) is 3.13. The van der Waals surface area contributed by atoms with Gasteiger partial charge in [0.15, 0.2) is 0 Å². The van der Waals surface area contributed by atoms with Crippen LogP contribution < -0.4 is 14.2 Å². The van der Waals surface area contributed by atoms with E-state index in [1.54, 1.807) is 14.2 Å². The van der Waals surface area contributed by atoms with E-state index in [9.17, 15) is 0 Å². The summed E-state index contributed by atoms with van der Waals surface area (Å²) in [4.78, 5) is 0. The van der Waals surface area contributed by atoms with Crippen LogP contribution in [0.15, 0.2) is 36.4 Å². The van der Waals surface area contributed by atoms with Crippen LogP contribution in [0, 0.1) is 0 Å². The van der Waals surface area contributed by atoms with Crippen molar-refractivity contribution >= 4 is 0 Å². The Kier molecular flexibility index (Phi) is 6.57. The molecule has 0 amide bonds. The average Bonchev–Trinajstić information content (AvgIpc) is 2.80. The smallest absolute Gasteiger partial charge is 0.136 e. The van der Waals surface area contributed by atoms with Gasteiger partial charge in [0.05, 0.1) is 37.6 Å². The highest BCUT2D eigenvalue weighted by Crippen LogP contribution is 2.45. The second-order valence-corrected chi connectivity index (χ2v) is 7.56. The van der Waals surface area contributed by atoms with Crippen molar-refractivity contribution in [1.29, 1.82) is 0 Å². The Bertz CT molecular complexity index is 739. The lowest BCUT2D eigenvalue weighted by molar-refractivity contribution is 0.0108. The molecule has 0 saturated carbocycles. The molecule has 2 aliphatic rings. The molecule has 29 heavy (non-hydrogen) atoms. The van der Waals surface area contributed by atoms with Gasteiger partial charge < -0.3 is 23.7 Å². The molecular weight excluding hydrogens is 368 g/mol. The van der Waals surface area contributed by atoms with Crippen LogP contribution in [-0.2, 0) is 9.47 Å². The van der Waals surface area contributed by atoms with Gasteiger partial charge in [-0.15, -0.1) is 0 Å². The molecule has 156 valence electrons. The molecule has 2 saturated heterocycles. The minimum Gasteiger partial charge on any atom is -0.496 e. The van der Waals surface area contributed by atoms with Crippen LogP contribution in [0.4, 0.5) is 0 Å². The standard InChI is InChI=1S/C24H30O5/c1-25-17-11-7-13-21(23(17)19-9-3-5-15-27-19)29-22-14-8-12-18(26-2)24(22)20-10-4-6-16-28-20/h7-8,11-14,19-20H,3-6,9-10,15-16H2,1-2H3. The van der Waals surface area contributed by atoms with E-state index in [0.717, 1.165) is 85.9 Å². The Morgan fingerprint density at radius 1 is 0.655 bits per heavy atom. The van der Waals surface area contributed by atoms with Crippen LogP contribution >= 0.6 is 0 Å². The van der Waals surface area contributed by atoms with E-state index in [2.05, 4.69) is 0 Å². The average molecular weight is 398 g/mol. The molecule has 2 aromatic rings. The van der Waals surface area contributed by atoms with Crippen molar-refractivity contribution in [2.45, 2.75) is 50.7 Å². The van der Waals surface area contributed by atoms with E-state index in [1.165, 1.54) is 0 Å².